The van der Waals surface area contributed by atoms with Crippen molar-refractivity contribution in [3.63, 3.8) is 0 Å². The minimum atomic E-state index is -0.247. The number of nitrogens with zero attached hydrogens (tertiary/aromatic N) is 2. The Kier molecular flexibility index (Phi) is 6.89. The number of rotatable bonds is 7. The molecule has 0 saturated heterocycles. The summed E-state index contributed by atoms with van der Waals surface area (Å²) in [5.41, 5.74) is 6.07. The molecule has 0 unspecified atom stereocenters. The Labute approximate surface area is 194 Å². The summed E-state index contributed by atoms with van der Waals surface area (Å²) in [6, 6.07) is 26.3. The first-order valence-corrected chi connectivity index (χ1v) is 11.0. The number of hydrogen-bond donors (Lipinski definition) is 1. The first-order valence-electron chi connectivity index (χ1n) is 11.0. The molecule has 0 saturated carbocycles. The van der Waals surface area contributed by atoms with E-state index in [4.69, 9.17) is 0 Å². The second kappa shape index (κ2) is 10.2. The van der Waals surface area contributed by atoms with Gasteiger partial charge in [-0.05, 0) is 60.9 Å². The van der Waals surface area contributed by atoms with Crippen molar-refractivity contribution in [2.24, 2.45) is 0 Å². The molecular weight excluding hydrogens is 413 g/mol. The second-order valence-electron chi connectivity index (χ2n) is 8.34. The number of halogens is 1. The largest absolute Gasteiger partial charge is 0.345 e. The minimum Gasteiger partial charge on any atom is -0.345 e. The zero-order chi connectivity index (χ0) is 23.2. The first-order chi connectivity index (χ1) is 16.0. The quantitative estimate of drug-likeness (QED) is 0.348. The maximum absolute atomic E-state index is 13.4. The Balaban J connectivity index is 1.56. The molecular formula is C28H28FN3O. The van der Waals surface area contributed by atoms with Gasteiger partial charge >= 0.3 is 6.03 Å². The number of nitrogens with one attached hydrogen (secondary N) is 1. The number of aromatic nitrogens is 1. The van der Waals surface area contributed by atoms with E-state index in [1.165, 1.54) is 12.1 Å². The van der Waals surface area contributed by atoms with Gasteiger partial charge in [0.15, 0.2) is 0 Å². The van der Waals surface area contributed by atoms with Gasteiger partial charge in [-0.15, -0.1) is 0 Å². The van der Waals surface area contributed by atoms with Crippen LogP contribution >= 0.6 is 0 Å². The van der Waals surface area contributed by atoms with E-state index in [1.54, 1.807) is 12.1 Å². The molecule has 0 spiro atoms. The predicted octanol–water partition coefficient (Wildman–Crippen LogP) is 6.53. The number of urea groups is 1. The van der Waals surface area contributed by atoms with Gasteiger partial charge in [0.2, 0.25) is 0 Å². The maximum Gasteiger partial charge on any atom is 0.322 e. The van der Waals surface area contributed by atoms with Gasteiger partial charge in [-0.3, -0.25) is 0 Å². The summed E-state index contributed by atoms with van der Waals surface area (Å²) in [5.74, 6) is -0.247. The number of carbonyl (C=O) groups is 1. The lowest BCUT2D eigenvalue weighted by Gasteiger charge is -2.25. The van der Waals surface area contributed by atoms with Crippen LogP contribution in [-0.4, -0.2) is 15.5 Å². The van der Waals surface area contributed by atoms with Crippen LogP contribution in [0.25, 0.3) is 0 Å². The third-order valence-corrected chi connectivity index (χ3v) is 5.67. The molecule has 0 bridgehead atoms. The van der Waals surface area contributed by atoms with E-state index in [9.17, 15) is 9.18 Å². The fraction of sp³-hybridized carbons (Fsp3) is 0.179. The summed E-state index contributed by atoms with van der Waals surface area (Å²) in [5, 5.41) is 3.08. The van der Waals surface area contributed by atoms with Gasteiger partial charge in [-0.2, -0.15) is 0 Å². The number of anilines is 1. The van der Waals surface area contributed by atoms with Crippen molar-refractivity contribution in [3.8, 4) is 0 Å². The number of benzene rings is 3. The van der Waals surface area contributed by atoms with Crippen molar-refractivity contribution >= 4 is 11.7 Å². The highest BCUT2D eigenvalue weighted by Crippen LogP contribution is 2.19. The highest BCUT2D eigenvalue weighted by Gasteiger charge is 2.17. The second-order valence-corrected chi connectivity index (χ2v) is 8.34. The lowest BCUT2D eigenvalue weighted by molar-refractivity contribution is 0.205. The van der Waals surface area contributed by atoms with E-state index in [0.717, 1.165) is 33.6 Å². The van der Waals surface area contributed by atoms with Gasteiger partial charge in [0.05, 0.1) is 6.54 Å². The molecule has 1 heterocycles. The Hall–Kier alpha value is -3.86. The van der Waals surface area contributed by atoms with Gasteiger partial charge in [-0.1, -0.05) is 60.2 Å². The molecule has 0 aliphatic rings. The molecule has 33 heavy (non-hydrogen) atoms. The molecule has 4 rings (SSSR count). The molecule has 0 aliphatic heterocycles. The molecule has 0 radical (unpaired) electrons. The molecule has 0 fully saturated rings. The summed E-state index contributed by atoms with van der Waals surface area (Å²) in [6.45, 7) is 5.58. The van der Waals surface area contributed by atoms with E-state index in [0.29, 0.717) is 19.6 Å². The first kappa shape index (κ1) is 22.3. The van der Waals surface area contributed by atoms with E-state index in [1.807, 2.05) is 79.5 Å². The predicted molar refractivity (Wildman–Crippen MR) is 131 cm³/mol. The molecule has 168 valence electrons. The van der Waals surface area contributed by atoms with Crippen LogP contribution in [0.2, 0.25) is 0 Å². The standard InChI is InChI=1S/C28H28FN3O/c1-21-10-15-27(22(2)17-21)30-28(33)32(19-23-7-4-3-5-8-23)20-26-9-6-16-31(26)18-24-11-13-25(29)14-12-24/h3-17H,18-20H2,1-2H3,(H,30,33). The van der Waals surface area contributed by atoms with Crippen molar-refractivity contribution in [3.05, 3.63) is 125 Å². The Bertz CT molecular complexity index is 1220. The van der Waals surface area contributed by atoms with Crippen molar-refractivity contribution in [2.45, 2.75) is 33.5 Å². The molecule has 4 aromatic rings. The average Bonchev–Trinajstić information content (AvgIpc) is 3.24. The fourth-order valence-corrected chi connectivity index (χ4v) is 3.88. The maximum atomic E-state index is 13.4. The summed E-state index contributed by atoms with van der Waals surface area (Å²) < 4.78 is 15.4. The molecule has 0 atom stereocenters. The number of hydrogen-bond acceptors (Lipinski definition) is 1. The van der Waals surface area contributed by atoms with Crippen LogP contribution in [-0.2, 0) is 19.6 Å². The van der Waals surface area contributed by atoms with Gasteiger partial charge in [0.25, 0.3) is 0 Å². The molecule has 3 aromatic carbocycles. The van der Waals surface area contributed by atoms with Crippen molar-refractivity contribution in [2.75, 3.05) is 5.32 Å². The summed E-state index contributed by atoms with van der Waals surface area (Å²) in [4.78, 5) is 15.2. The fourth-order valence-electron chi connectivity index (χ4n) is 3.88. The van der Waals surface area contributed by atoms with Crippen LogP contribution in [0.4, 0.5) is 14.9 Å². The Morgan fingerprint density at radius 1 is 0.879 bits per heavy atom. The molecule has 1 aromatic heterocycles. The number of amides is 2. The van der Waals surface area contributed by atoms with Crippen LogP contribution in [0.3, 0.4) is 0 Å². The lowest BCUT2D eigenvalue weighted by Crippen LogP contribution is -2.35. The van der Waals surface area contributed by atoms with E-state index < -0.39 is 0 Å². The van der Waals surface area contributed by atoms with E-state index in [2.05, 4.69) is 16.0 Å². The summed E-state index contributed by atoms with van der Waals surface area (Å²) in [7, 11) is 0. The van der Waals surface area contributed by atoms with Gasteiger partial charge in [0.1, 0.15) is 5.82 Å². The zero-order valence-corrected chi connectivity index (χ0v) is 19.0. The van der Waals surface area contributed by atoms with E-state index in [-0.39, 0.29) is 11.8 Å². The number of carbonyl (C=O) groups excluding carboxylic acids is 1. The van der Waals surface area contributed by atoms with Crippen molar-refractivity contribution in [1.29, 1.82) is 0 Å². The monoisotopic (exact) mass is 441 g/mol. The average molecular weight is 442 g/mol. The lowest BCUT2D eigenvalue weighted by atomic mass is 10.1. The van der Waals surface area contributed by atoms with Crippen molar-refractivity contribution < 1.29 is 9.18 Å². The molecule has 4 nitrogen and oxygen atoms in total. The van der Waals surface area contributed by atoms with Crippen LogP contribution < -0.4 is 5.32 Å². The summed E-state index contributed by atoms with van der Waals surface area (Å²) >= 11 is 0. The van der Waals surface area contributed by atoms with Crippen LogP contribution in [0, 0.1) is 19.7 Å². The Morgan fingerprint density at radius 3 is 2.36 bits per heavy atom. The smallest absolute Gasteiger partial charge is 0.322 e. The van der Waals surface area contributed by atoms with Gasteiger partial charge in [0, 0.05) is 30.7 Å². The normalized spacial score (nSPS) is 10.8. The minimum absolute atomic E-state index is 0.152. The van der Waals surface area contributed by atoms with Gasteiger partial charge in [-0.25, -0.2) is 9.18 Å². The van der Waals surface area contributed by atoms with Crippen LogP contribution in [0.5, 0.6) is 0 Å². The molecule has 2 amide bonds. The topological polar surface area (TPSA) is 37.3 Å². The third kappa shape index (κ3) is 5.89. The highest BCUT2D eigenvalue weighted by atomic mass is 19.1. The number of aryl methyl sites for hydroxylation is 2. The van der Waals surface area contributed by atoms with Gasteiger partial charge < -0.3 is 14.8 Å². The van der Waals surface area contributed by atoms with Crippen LogP contribution in [0.1, 0.15) is 27.9 Å². The Morgan fingerprint density at radius 2 is 1.64 bits per heavy atom. The third-order valence-electron chi connectivity index (χ3n) is 5.67. The summed E-state index contributed by atoms with van der Waals surface area (Å²) in [6.07, 6.45) is 1.99. The molecule has 5 heteroatoms. The molecule has 1 N–H and O–H groups in total. The highest BCUT2D eigenvalue weighted by molar-refractivity contribution is 5.90. The van der Waals surface area contributed by atoms with E-state index >= 15 is 0 Å². The molecule has 0 aliphatic carbocycles. The van der Waals surface area contributed by atoms with Crippen molar-refractivity contribution in [1.82, 2.24) is 9.47 Å². The zero-order valence-electron chi connectivity index (χ0n) is 19.0. The SMILES string of the molecule is Cc1ccc(NC(=O)N(Cc2ccccc2)Cc2cccn2Cc2ccc(F)cc2)c(C)c1. The van der Waals surface area contributed by atoms with Crippen LogP contribution in [0.15, 0.2) is 91.1 Å².